The van der Waals surface area contributed by atoms with Gasteiger partial charge in [-0.3, -0.25) is 19.5 Å². The number of rotatable bonds is 10. The van der Waals surface area contributed by atoms with Gasteiger partial charge in [0.1, 0.15) is 5.69 Å². The van der Waals surface area contributed by atoms with E-state index < -0.39 is 0 Å². The number of aromatic nitrogens is 3. The lowest BCUT2D eigenvalue weighted by Crippen LogP contribution is -2.66. The van der Waals surface area contributed by atoms with Crippen LogP contribution in [0, 0.1) is 0 Å². The maximum atomic E-state index is 11.8. The molecule has 1 spiro atoms. The Morgan fingerprint density at radius 3 is 2.22 bits per heavy atom. The SMILES string of the molecule is COc1nc(-c2cccc(-c3cccc(-c4cc5c(c(OC)n4)[C@@H](NC[C@@H]4CCC(=O)N4)CC5)c3Cl)c2Cl)cnc1CN1CC2(CCC(=O)N2)C1. The monoisotopic (exact) mass is 727 g/mol. The van der Waals surface area contributed by atoms with Crippen molar-refractivity contribution in [2.24, 2.45) is 0 Å². The number of carbonyl (C=O) groups is 2. The number of carbonyl (C=O) groups excluding carboxylic acids is 2. The molecule has 4 aromatic rings. The van der Waals surface area contributed by atoms with Crippen LogP contribution >= 0.6 is 23.2 Å². The van der Waals surface area contributed by atoms with Crippen molar-refractivity contribution in [2.45, 2.75) is 62.7 Å². The molecular formula is C38H39Cl2N7O4. The van der Waals surface area contributed by atoms with Crippen molar-refractivity contribution in [3.63, 3.8) is 0 Å². The lowest BCUT2D eigenvalue weighted by atomic mass is 9.88. The Bertz CT molecular complexity index is 2040. The average molecular weight is 729 g/mol. The maximum absolute atomic E-state index is 11.8. The third-order valence-corrected chi connectivity index (χ3v) is 11.4. The van der Waals surface area contributed by atoms with E-state index in [9.17, 15) is 9.59 Å². The number of ether oxygens (including phenoxy) is 2. The van der Waals surface area contributed by atoms with Gasteiger partial charge in [0.2, 0.25) is 23.6 Å². The molecule has 5 heterocycles. The first-order valence-electron chi connectivity index (χ1n) is 17.4. The number of halogens is 2. The molecule has 3 saturated heterocycles. The predicted octanol–water partition coefficient (Wildman–Crippen LogP) is 5.52. The topological polar surface area (TPSA) is 131 Å². The summed E-state index contributed by atoms with van der Waals surface area (Å²) in [7, 11) is 3.23. The second kappa shape index (κ2) is 13.7. The second-order valence-corrected chi connectivity index (χ2v) is 14.7. The Kier molecular flexibility index (Phi) is 9.08. The number of aryl methyl sites for hydroxylation is 1. The molecule has 2 atom stereocenters. The lowest BCUT2D eigenvalue weighted by molar-refractivity contribution is -0.121. The molecule has 3 N–H and O–H groups in total. The van der Waals surface area contributed by atoms with Gasteiger partial charge in [0.05, 0.1) is 47.4 Å². The third-order valence-electron chi connectivity index (χ3n) is 10.6. The lowest BCUT2D eigenvalue weighted by Gasteiger charge is -2.47. The van der Waals surface area contributed by atoms with Crippen molar-refractivity contribution in [1.29, 1.82) is 0 Å². The number of methoxy groups -OCH3 is 2. The van der Waals surface area contributed by atoms with Crippen molar-refractivity contribution in [3.05, 3.63) is 75.5 Å². The fraction of sp³-hybridized carbons (Fsp3) is 0.395. The number of fused-ring (bicyclic) bond motifs is 1. The first-order chi connectivity index (χ1) is 24.7. The average Bonchev–Trinajstić information content (AvgIpc) is 3.85. The predicted molar refractivity (Wildman–Crippen MR) is 195 cm³/mol. The standard InChI is InChI=1S/C38H39Cl2N7O4/c1-50-36-30(18-47-19-38(20-47)14-13-32(49)46-38)42-17-29(45-36)26-8-4-6-24(35(26)40)23-5-3-7-25(34(23)39)28-15-21-9-11-27(33(21)37(44-28)51-2)41-16-22-10-12-31(48)43-22/h3-8,15,17,22,27,41H,9-14,16,18-20H2,1-2H3,(H,43,48)(H,46,49)/t22-,27-/m0/s1. The van der Waals surface area contributed by atoms with Crippen LogP contribution in [0.1, 0.15) is 55.0 Å². The van der Waals surface area contributed by atoms with Crippen LogP contribution in [0.5, 0.6) is 11.8 Å². The minimum Gasteiger partial charge on any atom is -0.481 e. The normalized spacial score (nSPS) is 20.6. The quantitative estimate of drug-likeness (QED) is 0.193. The zero-order chi connectivity index (χ0) is 35.3. The summed E-state index contributed by atoms with van der Waals surface area (Å²) in [5.41, 5.74) is 7.16. The molecule has 13 heteroatoms. The molecule has 0 radical (unpaired) electrons. The van der Waals surface area contributed by atoms with Crippen molar-refractivity contribution >= 4 is 35.0 Å². The van der Waals surface area contributed by atoms with E-state index in [1.165, 1.54) is 5.56 Å². The summed E-state index contributed by atoms with van der Waals surface area (Å²) >= 11 is 14.3. The number of amides is 2. The van der Waals surface area contributed by atoms with Gasteiger partial charge in [0, 0.05) is 78.9 Å². The summed E-state index contributed by atoms with van der Waals surface area (Å²) < 4.78 is 11.5. The molecule has 1 aliphatic carbocycles. The van der Waals surface area contributed by atoms with E-state index in [-0.39, 0.29) is 29.4 Å². The molecule has 3 fully saturated rings. The Morgan fingerprint density at radius 1 is 0.882 bits per heavy atom. The van der Waals surface area contributed by atoms with Gasteiger partial charge in [-0.25, -0.2) is 9.97 Å². The van der Waals surface area contributed by atoms with E-state index in [4.69, 9.17) is 47.6 Å². The zero-order valence-electron chi connectivity index (χ0n) is 28.5. The summed E-state index contributed by atoms with van der Waals surface area (Å²) in [6, 6.07) is 14.0. The van der Waals surface area contributed by atoms with Crippen LogP contribution in [0.4, 0.5) is 0 Å². The van der Waals surface area contributed by atoms with Crippen molar-refractivity contribution in [1.82, 2.24) is 35.8 Å². The van der Waals surface area contributed by atoms with Crippen LogP contribution in [-0.4, -0.2) is 77.1 Å². The number of benzene rings is 2. The van der Waals surface area contributed by atoms with Crippen LogP contribution < -0.4 is 25.4 Å². The molecule has 3 aliphatic heterocycles. The van der Waals surface area contributed by atoms with Crippen molar-refractivity contribution in [3.8, 4) is 45.4 Å². The number of hydrogen-bond acceptors (Lipinski definition) is 9. The highest BCUT2D eigenvalue weighted by atomic mass is 35.5. The van der Waals surface area contributed by atoms with E-state index in [1.807, 2.05) is 36.4 Å². The van der Waals surface area contributed by atoms with E-state index in [2.05, 4.69) is 26.9 Å². The molecule has 8 rings (SSSR count). The minimum atomic E-state index is -0.107. The molecule has 0 unspecified atom stereocenters. The molecule has 264 valence electrons. The van der Waals surface area contributed by atoms with Gasteiger partial charge < -0.3 is 25.4 Å². The van der Waals surface area contributed by atoms with E-state index in [0.717, 1.165) is 72.4 Å². The first-order valence-corrected chi connectivity index (χ1v) is 18.1. The van der Waals surface area contributed by atoms with E-state index in [1.54, 1.807) is 20.4 Å². The minimum absolute atomic E-state index is 0.0946. The fourth-order valence-electron chi connectivity index (χ4n) is 8.04. The Hall–Kier alpha value is -4.29. The van der Waals surface area contributed by atoms with Gasteiger partial charge in [0.25, 0.3) is 0 Å². The Balaban J connectivity index is 1.04. The maximum Gasteiger partial charge on any atom is 0.237 e. The van der Waals surface area contributed by atoms with Crippen LogP contribution in [-0.2, 0) is 22.6 Å². The number of nitrogens with one attached hydrogen (secondary N) is 3. The highest BCUT2D eigenvalue weighted by molar-refractivity contribution is 6.39. The highest BCUT2D eigenvalue weighted by Crippen LogP contribution is 2.44. The summed E-state index contributed by atoms with van der Waals surface area (Å²) in [5, 5.41) is 10.8. The van der Waals surface area contributed by atoms with Crippen LogP contribution in [0.3, 0.4) is 0 Å². The third kappa shape index (κ3) is 6.41. The highest BCUT2D eigenvalue weighted by Gasteiger charge is 2.47. The van der Waals surface area contributed by atoms with E-state index in [0.29, 0.717) is 59.0 Å². The number of nitrogens with zero attached hydrogens (tertiary/aromatic N) is 4. The van der Waals surface area contributed by atoms with Gasteiger partial charge in [-0.05, 0) is 37.3 Å². The summed E-state index contributed by atoms with van der Waals surface area (Å²) in [6.45, 7) is 2.85. The van der Waals surface area contributed by atoms with Crippen molar-refractivity contribution in [2.75, 3.05) is 33.9 Å². The summed E-state index contributed by atoms with van der Waals surface area (Å²) in [6.07, 6.45) is 6.40. The van der Waals surface area contributed by atoms with Gasteiger partial charge in [0.15, 0.2) is 0 Å². The number of hydrogen-bond donors (Lipinski definition) is 3. The molecule has 11 nitrogen and oxygen atoms in total. The summed E-state index contributed by atoms with van der Waals surface area (Å²) in [4.78, 5) is 40.1. The molecule has 2 amide bonds. The second-order valence-electron chi connectivity index (χ2n) is 13.9. The number of likely N-dealkylation sites (tertiary alicyclic amines) is 1. The van der Waals surface area contributed by atoms with Crippen LogP contribution in [0.25, 0.3) is 33.6 Å². The van der Waals surface area contributed by atoms with Gasteiger partial charge >= 0.3 is 0 Å². The van der Waals surface area contributed by atoms with Gasteiger partial charge in [-0.2, -0.15) is 0 Å². The van der Waals surface area contributed by atoms with Crippen molar-refractivity contribution < 1.29 is 19.1 Å². The summed E-state index contributed by atoms with van der Waals surface area (Å²) in [5.74, 6) is 1.25. The molecule has 0 bridgehead atoms. The molecule has 51 heavy (non-hydrogen) atoms. The van der Waals surface area contributed by atoms with Gasteiger partial charge in [-0.15, -0.1) is 0 Å². The molecular weight excluding hydrogens is 689 g/mol. The smallest absolute Gasteiger partial charge is 0.237 e. The fourth-order valence-corrected chi connectivity index (χ4v) is 8.69. The Labute approximate surface area is 306 Å². The zero-order valence-corrected chi connectivity index (χ0v) is 30.0. The number of pyridine rings is 1. The molecule has 2 aromatic heterocycles. The van der Waals surface area contributed by atoms with E-state index >= 15 is 0 Å². The molecule has 2 aromatic carbocycles. The first kappa shape index (κ1) is 33.8. The molecule has 0 saturated carbocycles. The van der Waals surface area contributed by atoms with Gasteiger partial charge in [-0.1, -0.05) is 59.6 Å². The molecule has 4 aliphatic rings. The Morgan fingerprint density at radius 2 is 1.57 bits per heavy atom. The largest absolute Gasteiger partial charge is 0.481 e. The van der Waals surface area contributed by atoms with Crippen LogP contribution in [0.15, 0.2) is 48.7 Å². The van der Waals surface area contributed by atoms with Crippen LogP contribution in [0.2, 0.25) is 10.0 Å².